The van der Waals surface area contributed by atoms with E-state index in [4.69, 9.17) is 11.6 Å². The number of urea groups is 1. The number of benzene rings is 2. The van der Waals surface area contributed by atoms with Crippen LogP contribution in [-0.2, 0) is 6.54 Å². The molecule has 0 spiro atoms. The Morgan fingerprint density at radius 2 is 1.68 bits per heavy atom. The summed E-state index contributed by atoms with van der Waals surface area (Å²) in [6.07, 6.45) is 1.52. The van der Waals surface area contributed by atoms with Gasteiger partial charge in [0.15, 0.2) is 0 Å². The van der Waals surface area contributed by atoms with Gasteiger partial charge in [0.1, 0.15) is 5.15 Å². The van der Waals surface area contributed by atoms with E-state index in [1.54, 1.807) is 30.3 Å². The zero-order valence-corrected chi connectivity index (χ0v) is 16.0. The highest BCUT2D eigenvalue weighted by Gasteiger charge is 2.10. The number of aryl methyl sites for hydroxylation is 1. The summed E-state index contributed by atoms with van der Waals surface area (Å²) < 4.78 is 0. The van der Waals surface area contributed by atoms with Crippen LogP contribution in [0.1, 0.15) is 21.5 Å². The van der Waals surface area contributed by atoms with Gasteiger partial charge in [-0.25, -0.2) is 9.78 Å². The van der Waals surface area contributed by atoms with E-state index >= 15 is 0 Å². The summed E-state index contributed by atoms with van der Waals surface area (Å²) >= 11 is 5.93. The van der Waals surface area contributed by atoms with Gasteiger partial charge >= 0.3 is 6.03 Å². The molecule has 0 aliphatic rings. The molecule has 0 fully saturated rings. The zero-order chi connectivity index (χ0) is 19.9. The Labute approximate surface area is 168 Å². The quantitative estimate of drug-likeness (QED) is 0.552. The Kier molecular flexibility index (Phi) is 6.24. The largest absolute Gasteiger partial charge is 0.348 e. The van der Waals surface area contributed by atoms with E-state index in [1.165, 1.54) is 6.20 Å². The molecule has 3 aromatic rings. The molecule has 3 N–H and O–H groups in total. The predicted octanol–water partition coefficient (Wildman–Crippen LogP) is 4.62. The number of amides is 3. The van der Waals surface area contributed by atoms with Gasteiger partial charge in [0, 0.05) is 24.1 Å². The second kappa shape index (κ2) is 9.01. The summed E-state index contributed by atoms with van der Waals surface area (Å²) in [5.41, 5.74) is 3.55. The first kappa shape index (κ1) is 19.4. The minimum absolute atomic E-state index is 0.156. The van der Waals surface area contributed by atoms with E-state index in [1.807, 2.05) is 37.3 Å². The summed E-state index contributed by atoms with van der Waals surface area (Å²) in [6, 6.07) is 17.7. The van der Waals surface area contributed by atoms with Crippen molar-refractivity contribution in [3.8, 4) is 0 Å². The number of carbonyl (C=O) groups excluding carboxylic acids is 2. The first-order chi connectivity index (χ1) is 13.5. The van der Waals surface area contributed by atoms with Gasteiger partial charge in [0.25, 0.3) is 5.91 Å². The Hall–Kier alpha value is -3.38. The van der Waals surface area contributed by atoms with Gasteiger partial charge < -0.3 is 16.0 Å². The summed E-state index contributed by atoms with van der Waals surface area (Å²) in [5.74, 6) is -0.311. The number of nitrogens with one attached hydrogen (secondary N) is 3. The van der Waals surface area contributed by atoms with Crippen molar-refractivity contribution in [3.63, 3.8) is 0 Å². The molecule has 2 aromatic carbocycles. The topological polar surface area (TPSA) is 83.1 Å². The highest BCUT2D eigenvalue weighted by Crippen LogP contribution is 2.14. The molecule has 0 saturated heterocycles. The van der Waals surface area contributed by atoms with Crippen molar-refractivity contribution in [2.24, 2.45) is 0 Å². The fraction of sp³-hybridized carbons (Fsp3) is 0.0952. The third-order valence-electron chi connectivity index (χ3n) is 3.92. The molecule has 0 unspecified atom stereocenters. The van der Waals surface area contributed by atoms with Gasteiger partial charge in [-0.1, -0.05) is 35.9 Å². The summed E-state index contributed by atoms with van der Waals surface area (Å²) in [7, 11) is 0. The molecule has 0 atom stereocenters. The van der Waals surface area contributed by atoms with Crippen LogP contribution in [0.15, 0.2) is 66.9 Å². The second-order valence-electron chi connectivity index (χ2n) is 6.17. The molecule has 1 heterocycles. The number of rotatable bonds is 5. The smallest absolute Gasteiger partial charge is 0.323 e. The van der Waals surface area contributed by atoms with Gasteiger partial charge in [-0.2, -0.15) is 0 Å². The van der Waals surface area contributed by atoms with Crippen LogP contribution in [0, 0.1) is 6.92 Å². The van der Waals surface area contributed by atoms with E-state index in [-0.39, 0.29) is 17.1 Å². The lowest BCUT2D eigenvalue weighted by Gasteiger charge is -2.10. The number of aromatic nitrogens is 1. The highest BCUT2D eigenvalue weighted by atomic mass is 35.5. The standard InChI is InChI=1S/C21H19ClN4O2/c1-14-5-2-7-16(11-14)25-21(28)26-17-8-3-6-15(12-17)13-24-20(27)18-9-4-10-23-19(18)22/h2-12H,13H2,1H3,(H,24,27)(H2,25,26,28). The van der Waals surface area contributed by atoms with Crippen LogP contribution in [0.5, 0.6) is 0 Å². The van der Waals surface area contributed by atoms with E-state index < -0.39 is 0 Å². The summed E-state index contributed by atoms with van der Waals surface area (Å²) in [4.78, 5) is 28.3. The van der Waals surface area contributed by atoms with Gasteiger partial charge in [-0.05, 0) is 54.4 Å². The van der Waals surface area contributed by atoms with E-state index in [0.717, 1.165) is 11.1 Å². The molecule has 6 nitrogen and oxygen atoms in total. The van der Waals surface area contributed by atoms with Gasteiger partial charge in [-0.15, -0.1) is 0 Å². The number of halogens is 1. The fourth-order valence-electron chi connectivity index (χ4n) is 2.61. The number of pyridine rings is 1. The maximum Gasteiger partial charge on any atom is 0.323 e. The average Bonchev–Trinajstić information content (AvgIpc) is 2.67. The van der Waals surface area contributed by atoms with Crippen molar-refractivity contribution >= 4 is 34.9 Å². The van der Waals surface area contributed by atoms with Crippen LogP contribution in [-0.4, -0.2) is 16.9 Å². The molecule has 0 radical (unpaired) electrons. The van der Waals surface area contributed by atoms with Gasteiger partial charge in [0.2, 0.25) is 0 Å². The monoisotopic (exact) mass is 394 g/mol. The first-order valence-electron chi connectivity index (χ1n) is 8.63. The molecule has 3 rings (SSSR count). The summed E-state index contributed by atoms with van der Waals surface area (Å²) in [6.45, 7) is 2.25. The Morgan fingerprint density at radius 1 is 0.964 bits per heavy atom. The van der Waals surface area contributed by atoms with E-state index in [0.29, 0.717) is 23.5 Å². The SMILES string of the molecule is Cc1cccc(NC(=O)Nc2cccc(CNC(=O)c3cccnc3Cl)c2)c1. The predicted molar refractivity (Wildman–Crippen MR) is 111 cm³/mol. The molecule has 0 bridgehead atoms. The number of anilines is 2. The molecular weight excluding hydrogens is 376 g/mol. The van der Waals surface area contributed by atoms with Crippen molar-refractivity contribution in [3.05, 3.63) is 88.7 Å². The van der Waals surface area contributed by atoms with Gasteiger partial charge in [-0.3, -0.25) is 4.79 Å². The Morgan fingerprint density at radius 3 is 2.39 bits per heavy atom. The number of carbonyl (C=O) groups is 2. The minimum atomic E-state index is -0.339. The fourth-order valence-corrected chi connectivity index (χ4v) is 2.81. The lowest BCUT2D eigenvalue weighted by atomic mass is 10.2. The summed E-state index contributed by atoms with van der Waals surface area (Å²) in [5, 5.41) is 8.52. The van der Waals surface area contributed by atoms with Crippen molar-refractivity contribution in [2.75, 3.05) is 10.6 Å². The second-order valence-corrected chi connectivity index (χ2v) is 6.53. The van der Waals surface area contributed by atoms with Crippen molar-refractivity contribution in [2.45, 2.75) is 13.5 Å². The van der Waals surface area contributed by atoms with Crippen LogP contribution in [0.4, 0.5) is 16.2 Å². The van der Waals surface area contributed by atoms with E-state index in [2.05, 4.69) is 20.9 Å². The van der Waals surface area contributed by atoms with Crippen LogP contribution in [0.2, 0.25) is 5.15 Å². The molecular formula is C21H19ClN4O2. The van der Waals surface area contributed by atoms with Gasteiger partial charge in [0.05, 0.1) is 5.56 Å². The number of nitrogens with zero attached hydrogens (tertiary/aromatic N) is 1. The van der Waals surface area contributed by atoms with Crippen LogP contribution in [0.3, 0.4) is 0 Å². The number of hydrogen-bond acceptors (Lipinski definition) is 3. The third kappa shape index (κ3) is 5.31. The molecule has 1 aromatic heterocycles. The normalized spacial score (nSPS) is 10.2. The lowest BCUT2D eigenvalue weighted by Crippen LogP contribution is -2.23. The lowest BCUT2D eigenvalue weighted by molar-refractivity contribution is 0.0950. The third-order valence-corrected chi connectivity index (χ3v) is 4.22. The maximum absolute atomic E-state index is 12.2. The molecule has 3 amide bonds. The Balaban J connectivity index is 1.58. The van der Waals surface area contributed by atoms with Crippen LogP contribution < -0.4 is 16.0 Å². The molecule has 142 valence electrons. The molecule has 28 heavy (non-hydrogen) atoms. The minimum Gasteiger partial charge on any atom is -0.348 e. The van der Waals surface area contributed by atoms with Crippen molar-refractivity contribution < 1.29 is 9.59 Å². The van der Waals surface area contributed by atoms with E-state index in [9.17, 15) is 9.59 Å². The number of hydrogen-bond donors (Lipinski definition) is 3. The Bertz CT molecular complexity index is 1010. The van der Waals surface area contributed by atoms with Crippen molar-refractivity contribution in [1.29, 1.82) is 0 Å². The van der Waals surface area contributed by atoms with Crippen LogP contribution >= 0.6 is 11.6 Å². The molecule has 0 saturated carbocycles. The zero-order valence-electron chi connectivity index (χ0n) is 15.2. The highest BCUT2D eigenvalue weighted by molar-refractivity contribution is 6.32. The maximum atomic E-state index is 12.2. The first-order valence-corrected chi connectivity index (χ1v) is 9.01. The molecule has 0 aliphatic heterocycles. The van der Waals surface area contributed by atoms with Crippen molar-refractivity contribution in [1.82, 2.24) is 10.3 Å². The molecule has 0 aliphatic carbocycles. The molecule has 7 heteroatoms. The van der Waals surface area contributed by atoms with Crippen LogP contribution in [0.25, 0.3) is 0 Å². The average molecular weight is 395 g/mol.